The van der Waals surface area contributed by atoms with Crippen LogP contribution in [0.2, 0.25) is 0 Å². The summed E-state index contributed by atoms with van der Waals surface area (Å²) in [5.41, 5.74) is 3.55. The Morgan fingerprint density at radius 1 is 1.37 bits per heavy atom. The molecule has 1 saturated heterocycles. The quantitative estimate of drug-likeness (QED) is 0.877. The predicted molar refractivity (Wildman–Crippen MR) is 80.3 cm³/mol. The summed E-state index contributed by atoms with van der Waals surface area (Å²) >= 11 is 0. The van der Waals surface area contributed by atoms with Crippen LogP contribution in [0, 0.1) is 19.8 Å². The van der Waals surface area contributed by atoms with E-state index in [0.717, 1.165) is 31.1 Å². The van der Waals surface area contributed by atoms with E-state index >= 15 is 0 Å². The van der Waals surface area contributed by atoms with Gasteiger partial charge in [-0.3, -0.25) is 0 Å². The van der Waals surface area contributed by atoms with Crippen LogP contribution in [0.25, 0.3) is 0 Å². The Morgan fingerprint density at radius 2 is 2.16 bits per heavy atom. The Hall–Kier alpha value is -0.860. The van der Waals surface area contributed by atoms with Crippen LogP contribution in [0.4, 0.5) is 0 Å². The molecule has 0 spiro atoms. The van der Waals surface area contributed by atoms with Crippen LogP contribution in [-0.4, -0.2) is 29.6 Å². The monoisotopic (exact) mass is 261 g/mol. The third kappa shape index (κ3) is 3.80. The van der Waals surface area contributed by atoms with Gasteiger partial charge in [0.2, 0.25) is 0 Å². The van der Waals surface area contributed by atoms with E-state index in [2.05, 4.69) is 43.9 Å². The molecule has 1 fully saturated rings. The van der Waals surface area contributed by atoms with Crippen LogP contribution in [0.3, 0.4) is 0 Å². The van der Waals surface area contributed by atoms with Crippen LogP contribution in [0.5, 0.6) is 0 Å². The summed E-state index contributed by atoms with van der Waals surface area (Å²) in [5, 5.41) is 10.4. The first-order chi connectivity index (χ1) is 9.10. The highest BCUT2D eigenvalue weighted by atomic mass is 16.3. The van der Waals surface area contributed by atoms with Crippen molar-refractivity contribution >= 4 is 0 Å². The number of benzene rings is 1. The second kappa shape index (κ2) is 6.53. The molecule has 0 saturated carbocycles. The van der Waals surface area contributed by atoms with Crippen LogP contribution in [-0.2, 0) is 0 Å². The molecule has 2 nitrogen and oxygen atoms in total. The van der Waals surface area contributed by atoms with E-state index in [4.69, 9.17) is 0 Å². The van der Waals surface area contributed by atoms with Crippen LogP contribution < -0.4 is 0 Å². The Labute approximate surface area is 117 Å². The molecular formula is C17H27NO. The van der Waals surface area contributed by atoms with Gasteiger partial charge in [0.25, 0.3) is 0 Å². The van der Waals surface area contributed by atoms with Gasteiger partial charge < -0.3 is 10.0 Å². The lowest BCUT2D eigenvalue weighted by Gasteiger charge is -2.21. The lowest BCUT2D eigenvalue weighted by molar-refractivity contribution is 0.123. The Morgan fingerprint density at radius 3 is 2.84 bits per heavy atom. The highest BCUT2D eigenvalue weighted by Gasteiger charge is 2.24. The first-order valence-electron chi connectivity index (χ1n) is 7.57. The molecule has 1 N–H and O–H groups in total. The van der Waals surface area contributed by atoms with E-state index in [1.54, 1.807) is 0 Å². The fourth-order valence-corrected chi connectivity index (χ4v) is 3.26. The molecule has 2 heteroatoms. The summed E-state index contributed by atoms with van der Waals surface area (Å²) in [6.45, 7) is 9.54. The number of aryl methyl sites for hydroxylation is 2. The van der Waals surface area contributed by atoms with Gasteiger partial charge in [-0.05, 0) is 50.3 Å². The second-order valence-electron chi connectivity index (χ2n) is 6.08. The molecule has 0 amide bonds. The number of hydrogen-bond donors (Lipinski definition) is 1. The molecule has 2 rings (SSSR count). The molecule has 0 bridgehead atoms. The van der Waals surface area contributed by atoms with Crippen molar-refractivity contribution in [2.45, 2.75) is 46.1 Å². The van der Waals surface area contributed by atoms with Crippen molar-refractivity contribution in [3.05, 3.63) is 34.9 Å². The lowest BCUT2D eigenvalue weighted by atomic mass is 10.0. The summed E-state index contributed by atoms with van der Waals surface area (Å²) in [4.78, 5) is 2.42. The van der Waals surface area contributed by atoms with Crippen molar-refractivity contribution in [2.24, 2.45) is 5.92 Å². The minimum atomic E-state index is -0.346. The van der Waals surface area contributed by atoms with Crippen LogP contribution in [0.1, 0.15) is 49.0 Å². The van der Waals surface area contributed by atoms with Crippen molar-refractivity contribution in [2.75, 3.05) is 19.6 Å². The smallest absolute Gasteiger partial charge is 0.0919 e. The predicted octanol–water partition coefficient (Wildman–Crippen LogP) is 3.46. The van der Waals surface area contributed by atoms with Crippen LogP contribution >= 0.6 is 0 Å². The number of β-amino-alcohol motifs (C(OH)–C–C–N with tert-alkyl or cyclic N) is 1. The molecule has 0 aliphatic carbocycles. The van der Waals surface area contributed by atoms with E-state index in [-0.39, 0.29) is 6.10 Å². The van der Waals surface area contributed by atoms with Gasteiger partial charge in [0.15, 0.2) is 0 Å². The fourth-order valence-electron chi connectivity index (χ4n) is 3.26. The van der Waals surface area contributed by atoms with Gasteiger partial charge in [0.1, 0.15) is 0 Å². The average molecular weight is 261 g/mol. The van der Waals surface area contributed by atoms with Gasteiger partial charge in [-0.1, -0.05) is 37.1 Å². The Balaban J connectivity index is 1.92. The summed E-state index contributed by atoms with van der Waals surface area (Å²) in [6, 6.07) is 6.33. The van der Waals surface area contributed by atoms with Crippen LogP contribution in [0.15, 0.2) is 18.2 Å². The summed E-state index contributed by atoms with van der Waals surface area (Å²) < 4.78 is 0. The number of rotatable bonds is 5. The molecule has 0 radical (unpaired) electrons. The molecule has 0 aromatic heterocycles. The molecule has 1 aromatic rings. The molecule has 1 aromatic carbocycles. The largest absolute Gasteiger partial charge is 0.387 e. The molecule has 19 heavy (non-hydrogen) atoms. The normalized spacial score (nSPS) is 21.8. The minimum Gasteiger partial charge on any atom is -0.387 e. The van der Waals surface area contributed by atoms with Crippen molar-refractivity contribution in [3.63, 3.8) is 0 Å². The van der Waals surface area contributed by atoms with Crippen molar-refractivity contribution in [1.29, 1.82) is 0 Å². The van der Waals surface area contributed by atoms with Crippen molar-refractivity contribution in [3.8, 4) is 0 Å². The standard InChI is InChI=1S/C17H27NO/c1-4-5-15-8-9-18(11-15)12-17(19)16-7-6-13(2)10-14(16)3/h6-7,10,15,17,19H,4-5,8-9,11-12H2,1-3H3. The van der Waals surface area contributed by atoms with Gasteiger partial charge in [-0.25, -0.2) is 0 Å². The molecule has 1 aliphatic rings. The zero-order valence-electron chi connectivity index (χ0n) is 12.5. The van der Waals surface area contributed by atoms with Crippen molar-refractivity contribution < 1.29 is 5.11 Å². The molecule has 2 unspecified atom stereocenters. The fraction of sp³-hybridized carbons (Fsp3) is 0.647. The lowest BCUT2D eigenvalue weighted by Crippen LogP contribution is -2.26. The summed E-state index contributed by atoms with van der Waals surface area (Å²) in [5.74, 6) is 0.844. The number of hydrogen-bond acceptors (Lipinski definition) is 2. The molecule has 2 atom stereocenters. The second-order valence-corrected chi connectivity index (χ2v) is 6.08. The maximum atomic E-state index is 10.4. The van der Waals surface area contributed by atoms with Gasteiger partial charge in [0, 0.05) is 13.1 Å². The zero-order chi connectivity index (χ0) is 13.8. The van der Waals surface area contributed by atoms with E-state index in [0.29, 0.717) is 0 Å². The van der Waals surface area contributed by atoms with Gasteiger partial charge in [0.05, 0.1) is 6.10 Å². The number of nitrogens with zero attached hydrogens (tertiary/aromatic N) is 1. The molecule has 1 heterocycles. The molecule has 1 aliphatic heterocycles. The number of aliphatic hydroxyl groups is 1. The van der Waals surface area contributed by atoms with E-state index in [9.17, 15) is 5.11 Å². The van der Waals surface area contributed by atoms with E-state index < -0.39 is 0 Å². The van der Waals surface area contributed by atoms with E-state index in [1.807, 2.05) is 0 Å². The van der Waals surface area contributed by atoms with Gasteiger partial charge >= 0.3 is 0 Å². The highest BCUT2D eigenvalue weighted by molar-refractivity contribution is 5.32. The summed E-state index contributed by atoms with van der Waals surface area (Å²) in [6.07, 6.45) is 3.56. The topological polar surface area (TPSA) is 23.5 Å². The van der Waals surface area contributed by atoms with E-state index in [1.165, 1.54) is 30.4 Å². The minimum absolute atomic E-state index is 0.346. The van der Waals surface area contributed by atoms with Gasteiger partial charge in [-0.15, -0.1) is 0 Å². The number of aliphatic hydroxyl groups excluding tert-OH is 1. The van der Waals surface area contributed by atoms with Gasteiger partial charge in [-0.2, -0.15) is 0 Å². The average Bonchev–Trinajstić information content (AvgIpc) is 2.76. The Bertz CT molecular complexity index is 416. The molecular weight excluding hydrogens is 234 g/mol. The molecule has 106 valence electrons. The zero-order valence-corrected chi connectivity index (χ0v) is 12.5. The third-order valence-corrected chi connectivity index (χ3v) is 4.28. The third-order valence-electron chi connectivity index (χ3n) is 4.28. The maximum absolute atomic E-state index is 10.4. The highest BCUT2D eigenvalue weighted by Crippen LogP contribution is 2.25. The van der Waals surface area contributed by atoms with Crippen molar-refractivity contribution in [1.82, 2.24) is 4.90 Å². The number of likely N-dealkylation sites (tertiary alicyclic amines) is 1. The Kier molecular flexibility index (Phi) is 5.00. The maximum Gasteiger partial charge on any atom is 0.0919 e. The summed E-state index contributed by atoms with van der Waals surface area (Å²) in [7, 11) is 0. The SMILES string of the molecule is CCCC1CCN(CC(O)c2ccc(C)cc2C)C1. The first kappa shape index (κ1) is 14.5. The first-order valence-corrected chi connectivity index (χ1v) is 7.57.